The molecule has 1 saturated heterocycles. The van der Waals surface area contributed by atoms with Gasteiger partial charge < -0.3 is 19.9 Å². The van der Waals surface area contributed by atoms with E-state index in [-0.39, 0.29) is 31.0 Å². The van der Waals surface area contributed by atoms with Crippen LogP contribution in [0.15, 0.2) is 0 Å². The summed E-state index contributed by atoms with van der Waals surface area (Å²) in [5, 5.41) is 2.76. The third kappa shape index (κ3) is 8.20. The first-order valence-corrected chi connectivity index (χ1v) is 8.98. The second kappa shape index (κ2) is 10.9. The Balaban J connectivity index is 2.29. The Bertz CT molecular complexity index is 448. The highest BCUT2D eigenvalue weighted by atomic mass is 16.6. The monoisotopic (exact) mass is 356 g/mol. The maximum Gasteiger partial charge on any atom is 0.409 e. The van der Waals surface area contributed by atoms with Crippen LogP contribution in [0.4, 0.5) is 4.79 Å². The molecule has 0 saturated carbocycles. The van der Waals surface area contributed by atoms with Crippen LogP contribution in [0.2, 0.25) is 0 Å². The molecule has 0 unspecified atom stereocenters. The van der Waals surface area contributed by atoms with E-state index in [1.807, 2.05) is 25.7 Å². The summed E-state index contributed by atoms with van der Waals surface area (Å²) in [5.41, 5.74) is 0. The summed E-state index contributed by atoms with van der Waals surface area (Å²) in [6, 6.07) is 0. The molecule has 1 rings (SSSR count). The molecule has 0 aromatic carbocycles. The van der Waals surface area contributed by atoms with Crippen LogP contribution in [0.25, 0.3) is 0 Å². The van der Waals surface area contributed by atoms with Crippen LogP contribution < -0.4 is 5.32 Å². The lowest BCUT2D eigenvalue weighted by Crippen LogP contribution is -2.52. The fourth-order valence-electron chi connectivity index (χ4n) is 2.35. The predicted octanol–water partition coefficient (Wildman–Crippen LogP) is 0.381. The van der Waals surface area contributed by atoms with E-state index in [4.69, 9.17) is 4.74 Å². The first kappa shape index (κ1) is 21.2. The molecule has 0 aliphatic carbocycles. The van der Waals surface area contributed by atoms with Gasteiger partial charge in [-0.2, -0.15) is 0 Å². The number of likely N-dealkylation sites (N-methyl/N-ethyl adjacent to an activating group) is 1. The molecule has 1 N–H and O–H groups in total. The first-order chi connectivity index (χ1) is 11.8. The summed E-state index contributed by atoms with van der Waals surface area (Å²) in [6.45, 7) is 9.68. The summed E-state index contributed by atoms with van der Waals surface area (Å²) in [4.78, 5) is 40.9. The van der Waals surface area contributed by atoms with Crippen LogP contribution >= 0.6 is 0 Å². The van der Waals surface area contributed by atoms with Gasteiger partial charge in [0.15, 0.2) is 0 Å². The molecule has 0 aromatic heterocycles. The van der Waals surface area contributed by atoms with Gasteiger partial charge in [0.1, 0.15) is 0 Å². The molecular formula is C17H32N4O4. The Hall–Kier alpha value is -1.83. The molecule has 8 nitrogen and oxygen atoms in total. The van der Waals surface area contributed by atoms with Gasteiger partial charge in [0, 0.05) is 39.8 Å². The van der Waals surface area contributed by atoms with Crippen LogP contribution in [0, 0.1) is 5.92 Å². The van der Waals surface area contributed by atoms with Crippen LogP contribution in [-0.2, 0) is 14.3 Å². The minimum Gasteiger partial charge on any atom is -0.449 e. The van der Waals surface area contributed by atoms with Crippen molar-refractivity contribution in [3.05, 3.63) is 0 Å². The van der Waals surface area contributed by atoms with E-state index in [0.29, 0.717) is 45.2 Å². The van der Waals surface area contributed by atoms with Crippen molar-refractivity contribution in [1.82, 2.24) is 20.0 Å². The second-order valence-corrected chi connectivity index (χ2v) is 6.83. The number of piperazine rings is 1. The molecule has 8 heteroatoms. The molecule has 1 fully saturated rings. The lowest BCUT2D eigenvalue weighted by molar-refractivity contribution is -0.135. The molecule has 3 amide bonds. The third-order valence-corrected chi connectivity index (χ3v) is 3.91. The van der Waals surface area contributed by atoms with E-state index in [1.54, 1.807) is 11.9 Å². The van der Waals surface area contributed by atoms with Crippen molar-refractivity contribution in [3.8, 4) is 0 Å². The topological polar surface area (TPSA) is 82.2 Å². The molecule has 0 bridgehead atoms. The predicted molar refractivity (Wildman–Crippen MR) is 95.1 cm³/mol. The van der Waals surface area contributed by atoms with Gasteiger partial charge in [0.05, 0.1) is 19.7 Å². The van der Waals surface area contributed by atoms with Gasteiger partial charge in [-0.25, -0.2) is 4.79 Å². The van der Waals surface area contributed by atoms with Gasteiger partial charge in [0.2, 0.25) is 11.8 Å². The largest absolute Gasteiger partial charge is 0.449 e. The van der Waals surface area contributed by atoms with Crippen LogP contribution in [-0.4, -0.2) is 92.1 Å². The van der Waals surface area contributed by atoms with E-state index in [0.717, 1.165) is 6.42 Å². The van der Waals surface area contributed by atoms with Gasteiger partial charge in [-0.05, 0) is 12.3 Å². The minimum atomic E-state index is -0.288. The van der Waals surface area contributed by atoms with Crippen molar-refractivity contribution in [2.75, 3.05) is 59.5 Å². The lowest BCUT2D eigenvalue weighted by atomic mass is 10.2. The van der Waals surface area contributed by atoms with Gasteiger partial charge in [0.25, 0.3) is 0 Å². The van der Waals surface area contributed by atoms with Gasteiger partial charge in [-0.15, -0.1) is 0 Å². The molecule has 25 heavy (non-hydrogen) atoms. The molecule has 1 aliphatic heterocycles. The molecule has 0 atom stereocenters. The van der Waals surface area contributed by atoms with Gasteiger partial charge in [-0.3, -0.25) is 14.5 Å². The highest BCUT2D eigenvalue weighted by Crippen LogP contribution is 2.05. The molecule has 144 valence electrons. The minimum absolute atomic E-state index is 0.0698. The molecule has 0 radical (unpaired) electrons. The number of carbonyl (C=O) groups is 3. The summed E-state index contributed by atoms with van der Waals surface area (Å²) in [5.74, 6) is 0.0748. The first-order valence-electron chi connectivity index (χ1n) is 8.98. The number of carbonyl (C=O) groups excluding carboxylic acids is 3. The van der Waals surface area contributed by atoms with E-state index in [1.165, 1.54) is 4.90 Å². The van der Waals surface area contributed by atoms with E-state index in [9.17, 15) is 14.4 Å². The maximum atomic E-state index is 12.2. The zero-order chi connectivity index (χ0) is 18.8. The molecular weight excluding hydrogens is 324 g/mol. The van der Waals surface area contributed by atoms with E-state index in [2.05, 4.69) is 5.32 Å². The number of hydrogen-bond acceptors (Lipinski definition) is 5. The highest BCUT2D eigenvalue weighted by molar-refractivity contribution is 5.85. The fraction of sp³-hybridized carbons (Fsp3) is 0.824. The van der Waals surface area contributed by atoms with Crippen molar-refractivity contribution < 1.29 is 19.1 Å². The average molecular weight is 356 g/mol. The zero-order valence-electron chi connectivity index (χ0n) is 15.9. The van der Waals surface area contributed by atoms with Crippen LogP contribution in [0.1, 0.15) is 27.2 Å². The Kier molecular flexibility index (Phi) is 9.26. The van der Waals surface area contributed by atoms with Crippen LogP contribution in [0.3, 0.4) is 0 Å². The number of nitrogens with zero attached hydrogens (tertiary/aromatic N) is 3. The third-order valence-electron chi connectivity index (χ3n) is 3.91. The van der Waals surface area contributed by atoms with Crippen LogP contribution in [0.5, 0.6) is 0 Å². The molecule has 1 aliphatic rings. The smallest absolute Gasteiger partial charge is 0.409 e. The fourth-order valence-corrected chi connectivity index (χ4v) is 2.35. The average Bonchev–Trinajstić information content (AvgIpc) is 2.58. The Morgan fingerprint density at radius 1 is 1.16 bits per heavy atom. The maximum absolute atomic E-state index is 12.2. The lowest BCUT2D eigenvalue weighted by Gasteiger charge is -2.34. The number of ether oxygens (including phenoxy) is 1. The van der Waals surface area contributed by atoms with Crippen molar-refractivity contribution in [3.63, 3.8) is 0 Å². The van der Waals surface area contributed by atoms with Crippen molar-refractivity contribution >= 4 is 17.9 Å². The second-order valence-electron chi connectivity index (χ2n) is 6.83. The number of amides is 3. The zero-order valence-corrected chi connectivity index (χ0v) is 15.9. The van der Waals surface area contributed by atoms with Crippen molar-refractivity contribution in [2.45, 2.75) is 27.2 Å². The number of nitrogens with one attached hydrogen (secondary N) is 1. The summed E-state index contributed by atoms with van der Waals surface area (Å²) in [6.07, 6.45) is 0.581. The quantitative estimate of drug-likeness (QED) is 0.680. The summed E-state index contributed by atoms with van der Waals surface area (Å²) < 4.78 is 5.22. The SMILES string of the molecule is CCCNC(=O)CN(C)C(=O)CN1CCN(C(=O)OCC(C)C)CC1. The number of rotatable bonds is 8. The number of hydrogen-bond donors (Lipinski definition) is 1. The standard InChI is InChI=1S/C17H32N4O4/c1-5-6-18-15(22)11-19(4)16(23)12-20-7-9-21(10-8-20)17(24)25-13-14(2)3/h14H,5-13H2,1-4H3,(H,18,22). The van der Waals surface area contributed by atoms with E-state index < -0.39 is 0 Å². The summed E-state index contributed by atoms with van der Waals surface area (Å²) >= 11 is 0. The van der Waals surface area contributed by atoms with Crippen molar-refractivity contribution in [2.24, 2.45) is 5.92 Å². The Morgan fingerprint density at radius 3 is 2.36 bits per heavy atom. The Morgan fingerprint density at radius 2 is 1.80 bits per heavy atom. The van der Waals surface area contributed by atoms with Crippen molar-refractivity contribution in [1.29, 1.82) is 0 Å². The Labute approximate surface area is 150 Å². The molecule has 0 aromatic rings. The molecule has 0 spiro atoms. The normalized spacial score (nSPS) is 15.2. The van der Waals surface area contributed by atoms with Gasteiger partial charge in [-0.1, -0.05) is 20.8 Å². The van der Waals surface area contributed by atoms with E-state index >= 15 is 0 Å². The van der Waals surface area contributed by atoms with Gasteiger partial charge >= 0.3 is 6.09 Å². The summed E-state index contributed by atoms with van der Waals surface area (Å²) in [7, 11) is 1.63. The molecule has 1 heterocycles. The highest BCUT2D eigenvalue weighted by Gasteiger charge is 2.24.